The van der Waals surface area contributed by atoms with Crippen LogP contribution in [0.2, 0.25) is 0 Å². The van der Waals surface area contributed by atoms with E-state index in [4.69, 9.17) is 4.74 Å². The van der Waals surface area contributed by atoms with Crippen LogP contribution < -0.4 is 4.74 Å². The molecule has 194 valence electrons. The zero-order valence-corrected chi connectivity index (χ0v) is 23.7. The fraction of sp³-hybridized carbons (Fsp3) is 0.484. The number of fused-ring (bicyclic) bond motifs is 1. The highest BCUT2D eigenvalue weighted by molar-refractivity contribution is 5.95. The Hall–Kier alpha value is -2.92. The number of carbonyl (C=O) groups excluding carboxylic acids is 2. The summed E-state index contributed by atoms with van der Waals surface area (Å²) in [4.78, 5) is 28.7. The number of ether oxygens (including phenoxy) is 1. The maximum atomic E-state index is 13.8. The average Bonchev–Trinajstić information content (AvgIpc) is 3.08. The van der Waals surface area contributed by atoms with Gasteiger partial charge in [-0.3, -0.25) is 14.2 Å². The first kappa shape index (κ1) is 27.7. The minimum Gasteiger partial charge on any atom is -0.426 e. The highest BCUT2D eigenvalue weighted by Gasteiger charge is 2.33. The minimum absolute atomic E-state index is 0.0260. The first-order valence-electron chi connectivity index (χ1n) is 12.7. The third-order valence-electron chi connectivity index (χ3n) is 6.67. The van der Waals surface area contributed by atoms with Crippen molar-refractivity contribution in [3.05, 3.63) is 64.3 Å². The summed E-state index contributed by atoms with van der Waals surface area (Å²) < 4.78 is 7.74. The van der Waals surface area contributed by atoms with E-state index in [0.29, 0.717) is 5.75 Å². The van der Waals surface area contributed by atoms with Crippen LogP contribution in [0.5, 0.6) is 5.75 Å². The molecule has 36 heavy (non-hydrogen) atoms. The second kappa shape index (κ2) is 10.2. The molecule has 5 nitrogen and oxygen atoms in total. The molecule has 0 bridgehead atoms. The standard InChI is InChI=1S/C31H42N2O3/c1-20-11-12-25-24(16-20)23(13-14-32(9)10)19-33(25)27(34)18-31(7,8)28-22(3)15-21(2)17-26(28)36-29(35)30(4,5)6/h11-12,15-17,19H,13-14,18H2,1-10H3. The molecular formula is C31H42N2O3. The summed E-state index contributed by atoms with van der Waals surface area (Å²) in [5, 5.41) is 1.13. The van der Waals surface area contributed by atoms with Crippen LogP contribution in [-0.2, 0) is 16.6 Å². The third kappa shape index (κ3) is 6.07. The SMILES string of the molecule is Cc1cc(C)c(C(C)(C)CC(=O)n2cc(CCN(C)C)c3cc(C)ccc32)c(OC(=O)C(C)(C)C)c1. The molecule has 0 unspecified atom stereocenters. The van der Waals surface area contributed by atoms with Crippen molar-refractivity contribution >= 4 is 22.8 Å². The van der Waals surface area contributed by atoms with Crippen molar-refractivity contribution in [3.63, 3.8) is 0 Å². The molecule has 0 radical (unpaired) electrons. The number of aromatic nitrogens is 1. The fourth-order valence-electron chi connectivity index (χ4n) is 4.84. The average molecular weight is 491 g/mol. The smallest absolute Gasteiger partial charge is 0.316 e. The molecule has 0 fully saturated rings. The number of carbonyl (C=O) groups is 2. The van der Waals surface area contributed by atoms with Crippen molar-refractivity contribution in [3.8, 4) is 5.75 Å². The van der Waals surface area contributed by atoms with Crippen LogP contribution in [0, 0.1) is 26.2 Å². The van der Waals surface area contributed by atoms with Crippen LogP contribution in [0.15, 0.2) is 36.5 Å². The number of rotatable bonds is 7. The van der Waals surface area contributed by atoms with Crippen LogP contribution >= 0.6 is 0 Å². The first-order valence-corrected chi connectivity index (χ1v) is 12.7. The number of hydrogen-bond donors (Lipinski definition) is 0. The lowest BCUT2D eigenvalue weighted by molar-refractivity contribution is -0.143. The van der Waals surface area contributed by atoms with Gasteiger partial charge in [0.05, 0.1) is 10.9 Å². The molecule has 1 aromatic heterocycles. The highest BCUT2D eigenvalue weighted by Crippen LogP contribution is 2.39. The van der Waals surface area contributed by atoms with Gasteiger partial charge in [-0.15, -0.1) is 0 Å². The summed E-state index contributed by atoms with van der Waals surface area (Å²) in [7, 11) is 4.12. The molecule has 0 spiro atoms. The second-order valence-corrected chi connectivity index (χ2v) is 12.1. The van der Waals surface area contributed by atoms with Gasteiger partial charge in [0, 0.05) is 35.5 Å². The Morgan fingerprint density at radius 3 is 2.22 bits per heavy atom. The van der Waals surface area contributed by atoms with E-state index in [9.17, 15) is 9.59 Å². The van der Waals surface area contributed by atoms with Crippen LogP contribution in [0.25, 0.3) is 10.9 Å². The predicted octanol–water partition coefficient (Wildman–Crippen LogP) is 6.63. The number of aryl methyl sites for hydroxylation is 3. The summed E-state index contributed by atoms with van der Waals surface area (Å²) in [6, 6.07) is 10.3. The van der Waals surface area contributed by atoms with Crippen molar-refractivity contribution < 1.29 is 14.3 Å². The van der Waals surface area contributed by atoms with Gasteiger partial charge >= 0.3 is 5.97 Å². The number of likely N-dealkylation sites (N-methyl/N-ethyl adjacent to an activating group) is 1. The van der Waals surface area contributed by atoms with Crippen LogP contribution in [0.3, 0.4) is 0 Å². The van der Waals surface area contributed by atoms with Crippen LogP contribution in [0.4, 0.5) is 0 Å². The molecule has 0 saturated heterocycles. The summed E-state index contributed by atoms with van der Waals surface area (Å²) in [5.74, 6) is 0.288. The molecule has 0 aliphatic heterocycles. The molecule has 0 saturated carbocycles. The zero-order chi connectivity index (χ0) is 27.0. The van der Waals surface area contributed by atoms with E-state index in [1.807, 2.05) is 57.5 Å². The number of esters is 1. The molecule has 3 rings (SSSR count). The minimum atomic E-state index is -0.625. The van der Waals surface area contributed by atoms with Crippen molar-refractivity contribution in [2.45, 2.75) is 73.6 Å². The maximum absolute atomic E-state index is 13.8. The monoisotopic (exact) mass is 490 g/mol. The predicted molar refractivity (Wildman–Crippen MR) is 148 cm³/mol. The van der Waals surface area contributed by atoms with E-state index in [1.54, 1.807) is 0 Å². The summed E-state index contributed by atoms with van der Waals surface area (Å²) in [6.07, 6.45) is 3.16. The molecule has 0 atom stereocenters. The number of nitrogens with zero attached hydrogens (tertiary/aromatic N) is 2. The van der Waals surface area contributed by atoms with E-state index >= 15 is 0 Å². The van der Waals surface area contributed by atoms with Crippen LogP contribution in [-0.4, -0.2) is 42.0 Å². The molecule has 0 amide bonds. The quantitative estimate of drug-likeness (QED) is 0.275. The van der Waals surface area contributed by atoms with Gasteiger partial charge in [-0.05, 0) is 96.9 Å². The van der Waals surface area contributed by atoms with Gasteiger partial charge in [0.2, 0.25) is 5.91 Å². The lowest BCUT2D eigenvalue weighted by atomic mass is 9.78. The maximum Gasteiger partial charge on any atom is 0.316 e. The Labute approximate surface area is 216 Å². The highest BCUT2D eigenvalue weighted by atomic mass is 16.5. The Morgan fingerprint density at radius 2 is 1.61 bits per heavy atom. The van der Waals surface area contributed by atoms with Crippen LogP contribution in [0.1, 0.15) is 73.7 Å². The molecule has 0 aliphatic carbocycles. The lowest BCUT2D eigenvalue weighted by Crippen LogP contribution is -2.30. The Morgan fingerprint density at radius 1 is 0.944 bits per heavy atom. The molecule has 1 heterocycles. The number of hydrogen-bond acceptors (Lipinski definition) is 4. The number of benzene rings is 2. The largest absolute Gasteiger partial charge is 0.426 e. The van der Waals surface area contributed by atoms with E-state index in [2.05, 4.69) is 58.0 Å². The van der Waals surface area contributed by atoms with E-state index in [-0.39, 0.29) is 18.3 Å². The Kier molecular flexibility index (Phi) is 7.85. The topological polar surface area (TPSA) is 51.5 Å². The molecule has 5 heteroatoms. The van der Waals surface area contributed by atoms with Gasteiger partial charge in [0.1, 0.15) is 5.75 Å². The van der Waals surface area contributed by atoms with Gasteiger partial charge in [-0.1, -0.05) is 31.5 Å². The summed E-state index contributed by atoms with van der Waals surface area (Å²) in [6.45, 7) is 16.7. The van der Waals surface area contributed by atoms with Gasteiger partial charge in [0.25, 0.3) is 0 Å². The molecule has 2 aromatic carbocycles. The second-order valence-electron chi connectivity index (χ2n) is 12.1. The van der Waals surface area contributed by atoms with Gasteiger partial charge in [0.15, 0.2) is 0 Å². The molecular weight excluding hydrogens is 448 g/mol. The lowest BCUT2D eigenvalue weighted by Gasteiger charge is -2.30. The van der Waals surface area contributed by atoms with Crippen molar-refractivity contribution in [1.29, 1.82) is 0 Å². The van der Waals surface area contributed by atoms with Gasteiger partial charge in [-0.2, -0.15) is 0 Å². The molecule has 3 aromatic rings. The molecule has 0 aliphatic rings. The van der Waals surface area contributed by atoms with Gasteiger partial charge in [-0.25, -0.2) is 0 Å². The van der Waals surface area contributed by atoms with E-state index in [1.165, 1.54) is 11.1 Å². The third-order valence-corrected chi connectivity index (χ3v) is 6.67. The van der Waals surface area contributed by atoms with Crippen molar-refractivity contribution in [2.24, 2.45) is 5.41 Å². The Balaban J connectivity index is 2.01. The summed E-state index contributed by atoms with van der Waals surface area (Å²) in [5.41, 5.74) is 5.07. The normalized spacial score (nSPS) is 12.4. The molecule has 0 N–H and O–H groups in total. The fourth-order valence-corrected chi connectivity index (χ4v) is 4.84. The van der Waals surface area contributed by atoms with E-state index in [0.717, 1.165) is 40.6 Å². The van der Waals surface area contributed by atoms with E-state index < -0.39 is 10.8 Å². The van der Waals surface area contributed by atoms with Crippen molar-refractivity contribution in [1.82, 2.24) is 9.47 Å². The Bertz CT molecular complexity index is 1290. The zero-order valence-electron chi connectivity index (χ0n) is 23.7. The summed E-state index contributed by atoms with van der Waals surface area (Å²) >= 11 is 0. The first-order chi connectivity index (χ1) is 16.6. The van der Waals surface area contributed by atoms with Crippen molar-refractivity contribution in [2.75, 3.05) is 20.6 Å². The van der Waals surface area contributed by atoms with Gasteiger partial charge < -0.3 is 9.64 Å².